The van der Waals surface area contributed by atoms with Crippen LogP contribution in [0.1, 0.15) is 5.56 Å². The molecule has 2 rings (SSSR count). The molecular formula is C19H19N3O5S. The average molecular weight is 401 g/mol. The van der Waals surface area contributed by atoms with E-state index in [1.165, 1.54) is 30.5 Å². The fourth-order valence-corrected chi connectivity index (χ4v) is 2.78. The first-order valence-corrected chi connectivity index (χ1v) is 9.63. The Kier molecular flexibility index (Phi) is 7.14. The molecule has 0 spiro atoms. The number of amides is 1. The van der Waals surface area contributed by atoms with E-state index in [2.05, 4.69) is 10.6 Å². The van der Waals surface area contributed by atoms with Crippen LogP contribution in [-0.4, -0.2) is 32.5 Å². The quantitative estimate of drug-likeness (QED) is 0.351. The van der Waals surface area contributed by atoms with E-state index in [0.29, 0.717) is 18.7 Å². The van der Waals surface area contributed by atoms with Crippen molar-refractivity contribution in [2.24, 2.45) is 0 Å². The van der Waals surface area contributed by atoms with Gasteiger partial charge in [-0.05, 0) is 42.3 Å². The highest BCUT2D eigenvalue weighted by molar-refractivity contribution is 7.85. The minimum atomic E-state index is -4.34. The summed E-state index contributed by atoms with van der Waals surface area (Å²) in [4.78, 5) is 11.8. The van der Waals surface area contributed by atoms with Gasteiger partial charge in [-0.1, -0.05) is 18.2 Å². The van der Waals surface area contributed by atoms with Crippen LogP contribution in [0.15, 0.2) is 65.2 Å². The first-order valence-electron chi connectivity index (χ1n) is 8.19. The minimum absolute atomic E-state index is 0.174. The van der Waals surface area contributed by atoms with Gasteiger partial charge in [0.05, 0.1) is 12.0 Å². The fourth-order valence-electron chi connectivity index (χ4n) is 2.26. The second-order valence-electron chi connectivity index (χ2n) is 5.67. The number of nitriles is 1. The number of nitrogens with one attached hydrogen (secondary N) is 2. The van der Waals surface area contributed by atoms with Crippen LogP contribution >= 0.6 is 0 Å². The molecule has 2 aromatic carbocycles. The Morgan fingerprint density at radius 2 is 1.96 bits per heavy atom. The monoisotopic (exact) mass is 401 g/mol. The molecule has 0 unspecified atom stereocenters. The molecule has 0 radical (unpaired) electrons. The summed E-state index contributed by atoms with van der Waals surface area (Å²) in [5, 5.41) is 14.5. The van der Waals surface area contributed by atoms with E-state index in [0.717, 1.165) is 11.3 Å². The molecule has 1 amide bonds. The molecule has 0 fully saturated rings. The van der Waals surface area contributed by atoms with Gasteiger partial charge in [-0.15, -0.1) is 0 Å². The van der Waals surface area contributed by atoms with Crippen molar-refractivity contribution in [3.05, 3.63) is 65.9 Å². The average Bonchev–Trinajstić information content (AvgIpc) is 2.68. The van der Waals surface area contributed by atoms with Crippen LogP contribution in [0, 0.1) is 11.3 Å². The Balaban J connectivity index is 1.94. The van der Waals surface area contributed by atoms with Gasteiger partial charge in [0.15, 0.2) is 0 Å². The van der Waals surface area contributed by atoms with E-state index in [1.807, 2.05) is 24.3 Å². The van der Waals surface area contributed by atoms with Crippen molar-refractivity contribution in [1.82, 2.24) is 5.32 Å². The summed E-state index contributed by atoms with van der Waals surface area (Å²) in [7, 11) is -2.76. The highest BCUT2D eigenvalue weighted by atomic mass is 32.2. The summed E-state index contributed by atoms with van der Waals surface area (Å²) >= 11 is 0. The maximum atomic E-state index is 12.1. The van der Waals surface area contributed by atoms with E-state index in [9.17, 15) is 13.2 Å². The smallest absolute Gasteiger partial charge is 0.294 e. The number of methoxy groups -OCH3 is 1. The third kappa shape index (κ3) is 6.12. The van der Waals surface area contributed by atoms with Crippen LogP contribution in [0.5, 0.6) is 5.75 Å². The van der Waals surface area contributed by atoms with Crippen molar-refractivity contribution in [2.75, 3.05) is 19.0 Å². The lowest BCUT2D eigenvalue weighted by Gasteiger charge is -2.07. The molecule has 0 aliphatic heterocycles. The second-order valence-corrected chi connectivity index (χ2v) is 7.09. The molecule has 2 aromatic rings. The predicted molar refractivity (Wildman–Crippen MR) is 103 cm³/mol. The maximum absolute atomic E-state index is 12.1. The Hall–Kier alpha value is -3.35. The number of carbonyl (C=O) groups is 1. The minimum Gasteiger partial charge on any atom is -0.497 e. The highest BCUT2D eigenvalue weighted by Gasteiger charge is 2.11. The molecule has 0 aromatic heterocycles. The Morgan fingerprint density at radius 1 is 1.25 bits per heavy atom. The summed E-state index contributed by atoms with van der Waals surface area (Å²) in [6.45, 7) is 0.336. The van der Waals surface area contributed by atoms with Crippen molar-refractivity contribution in [1.29, 1.82) is 5.26 Å². The molecule has 0 heterocycles. The van der Waals surface area contributed by atoms with Crippen LogP contribution < -0.4 is 15.4 Å². The van der Waals surface area contributed by atoms with Crippen molar-refractivity contribution in [3.63, 3.8) is 0 Å². The van der Waals surface area contributed by atoms with Crippen molar-refractivity contribution in [3.8, 4) is 11.8 Å². The zero-order valence-corrected chi connectivity index (χ0v) is 15.9. The van der Waals surface area contributed by atoms with Gasteiger partial charge >= 0.3 is 0 Å². The molecule has 9 heteroatoms. The lowest BCUT2D eigenvalue weighted by Crippen LogP contribution is -2.27. The summed E-state index contributed by atoms with van der Waals surface area (Å²) in [5.74, 6) is 0.182. The van der Waals surface area contributed by atoms with Gasteiger partial charge in [-0.2, -0.15) is 13.7 Å². The third-order valence-electron chi connectivity index (χ3n) is 3.74. The van der Waals surface area contributed by atoms with Crippen molar-refractivity contribution >= 4 is 21.7 Å². The molecule has 0 aliphatic carbocycles. The Bertz CT molecular complexity index is 1010. The number of benzene rings is 2. The Labute approximate surface area is 163 Å². The topological polar surface area (TPSA) is 129 Å². The van der Waals surface area contributed by atoms with Crippen LogP contribution in [0.25, 0.3) is 0 Å². The molecule has 8 nitrogen and oxygen atoms in total. The van der Waals surface area contributed by atoms with Gasteiger partial charge in [0.25, 0.3) is 16.0 Å². The lowest BCUT2D eigenvalue weighted by molar-refractivity contribution is -0.117. The lowest BCUT2D eigenvalue weighted by atomic mass is 10.1. The summed E-state index contributed by atoms with van der Waals surface area (Å²) in [6, 6.07) is 14.5. The van der Waals surface area contributed by atoms with E-state index in [4.69, 9.17) is 14.6 Å². The van der Waals surface area contributed by atoms with E-state index >= 15 is 0 Å². The van der Waals surface area contributed by atoms with E-state index < -0.39 is 16.0 Å². The van der Waals surface area contributed by atoms with Crippen molar-refractivity contribution < 1.29 is 22.5 Å². The summed E-state index contributed by atoms with van der Waals surface area (Å²) in [6.07, 6.45) is 1.75. The number of ether oxygens (including phenoxy) is 1. The molecule has 0 atom stereocenters. The number of rotatable bonds is 8. The van der Waals surface area contributed by atoms with Crippen LogP contribution in [0.4, 0.5) is 5.69 Å². The number of anilines is 1. The number of carbonyl (C=O) groups excluding carboxylic acids is 1. The predicted octanol–water partition coefficient (Wildman–Crippen LogP) is 2.12. The molecular weight excluding hydrogens is 382 g/mol. The first-order chi connectivity index (χ1) is 13.3. The van der Waals surface area contributed by atoms with Gasteiger partial charge in [-0.3, -0.25) is 9.35 Å². The third-order valence-corrected chi connectivity index (χ3v) is 4.59. The van der Waals surface area contributed by atoms with Gasteiger partial charge in [0.2, 0.25) is 0 Å². The number of nitrogens with zero attached hydrogens (tertiary/aromatic N) is 1. The molecule has 0 saturated heterocycles. The van der Waals surface area contributed by atoms with Crippen LogP contribution in [0.3, 0.4) is 0 Å². The molecule has 0 saturated carbocycles. The largest absolute Gasteiger partial charge is 0.497 e. The molecule has 0 aliphatic rings. The van der Waals surface area contributed by atoms with Gasteiger partial charge in [-0.25, -0.2) is 0 Å². The van der Waals surface area contributed by atoms with E-state index in [1.54, 1.807) is 13.2 Å². The van der Waals surface area contributed by atoms with Crippen LogP contribution in [0.2, 0.25) is 0 Å². The SMILES string of the molecule is COc1ccc(CCNC(=O)/C(C#N)=C\Nc2cccc(S(=O)(=O)O)c2)cc1. The van der Waals surface area contributed by atoms with Gasteiger partial charge in [0.1, 0.15) is 17.4 Å². The molecule has 0 bridgehead atoms. The normalized spacial score (nSPS) is 11.4. The summed E-state index contributed by atoms with van der Waals surface area (Å²) in [5.41, 5.74) is 1.13. The standard InChI is InChI=1S/C19H19N3O5S/c1-27-17-7-5-14(6-8-17)9-10-21-19(23)15(12-20)13-22-16-3-2-4-18(11-16)28(24,25)26/h2-8,11,13,22H,9-10H2,1H3,(H,21,23)(H,24,25,26)/b15-13-. The van der Waals surface area contributed by atoms with Gasteiger partial charge in [0, 0.05) is 18.4 Å². The van der Waals surface area contributed by atoms with Gasteiger partial charge < -0.3 is 15.4 Å². The summed E-state index contributed by atoms with van der Waals surface area (Å²) < 4.78 is 36.4. The van der Waals surface area contributed by atoms with Crippen molar-refractivity contribution in [2.45, 2.75) is 11.3 Å². The second kappa shape index (κ2) is 9.55. The Morgan fingerprint density at radius 3 is 2.57 bits per heavy atom. The van der Waals surface area contributed by atoms with E-state index in [-0.39, 0.29) is 10.5 Å². The molecule has 146 valence electrons. The zero-order chi connectivity index (χ0) is 20.6. The van der Waals surface area contributed by atoms with Crippen LogP contribution in [-0.2, 0) is 21.3 Å². The maximum Gasteiger partial charge on any atom is 0.294 e. The molecule has 28 heavy (non-hydrogen) atoms. The number of hydrogen-bond acceptors (Lipinski definition) is 6. The number of hydrogen-bond donors (Lipinski definition) is 3. The molecule has 3 N–H and O–H groups in total. The first kappa shape index (κ1) is 21.0. The highest BCUT2D eigenvalue weighted by Crippen LogP contribution is 2.15. The zero-order valence-electron chi connectivity index (χ0n) is 15.0. The fraction of sp³-hybridized carbons (Fsp3) is 0.158.